The zero-order valence-electron chi connectivity index (χ0n) is 12.5. The van der Waals surface area contributed by atoms with Crippen LogP contribution in [0.15, 0.2) is 18.2 Å². The predicted octanol–water partition coefficient (Wildman–Crippen LogP) is 3.60. The Morgan fingerprint density at radius 2 is 2.14 bits per heavy atom. The third kappa shape index (κ3) is 5.81. The van der Waals surface area contributed by atoms with Crippen LogP contribution in [0.4, 0.5) is 11.4 Å². The lowest BCUT2D eigenvalue weighted by Crippen LogP contribution is -2.10. The maximum atomic E-state index is 10.9. The molecular formula is C15H22N2O4. The van der Waals surface area contributed by atoms with Crippen LogP contribution in [0.5, 0.6) is 0 Å². The summed E-state index contributed by atoms with van der Waals surface area (Å²) in [5.41, 5.74) is 1.47. The molecule has 0 saturated carbocycles. The quantitative estimate of drug-likeness (QED) is 0.536. The minimum absolute atomic E-state index is 0.109. The van der Waals surface area contributed by atoms with E-state index in [-0.39, 0.29) is 17.0 Å². The molecule has 1 aromatic rings. The summed E-state index contributed by atoms with van der Waals surface area (Å²) < 4.78 is 0. The van der Waals surface area contributed by atoms with Gasteiger partial charge in [-0.3, -0.25) is 14.9 Å². The molecule has 0 spiro atoms. The molecule has 0 radical (unpaired) electrons. The van der Waals surface area contributed by atoms with Crippen LogP contribution in [-0.2, 0) is 4.79 Å². The minimum atomic E-state index is -0.768. The number of benzene rings is 1. The molecule has 6 heteroatoms. The van der Waals surface area contributed by atoms with Crippen molar-refractivity contribution in [1.82, 2.24) is 0 Å². The molecule has 0 heterocycles. The minimum Gasteiger partial charge on any atom is -0.481 e. The summed E-state index contributed by atoms with van der Waals surface area (Å²) in [7, 11) is 0. The Hall–Kier alpha value is -2.11. The topological polar surface area (TPSA) is 92.5 Å². The SMILES string of the molecule is CCC(CCNc1ccc(C)c([N+](=O)[O-])c1)CCC(=O)O. The van der Waals surface area contributed by atoms with E-state index in [1.807, 2.05) is 13.0 Å². The third-order valence-corrected chi connectivity index (χ3v) is 3.63. The molecule has 0 aromatic heterocycles. The highest BCUT2D eigenvalue weighted by molar-refractivity contribution is 5.66. The summed E-state index contributed by atoms with van der Waals surface area (Å²) in [6.07, 6.45) is 2.64. The van der Waals surface area contributed by atoms with Crippen molar-refractivity contribution in [2.45, 2.75) is 39.5 Å². The molecular weight excluding hydrogens is 272 g/mol. The maximum absolute atomic E-state index is 10.9. The molecule has 0 aliphatic heterocycles. The van der Waals surface area contributed by atoms with Crippen molar-refractivity contribution < 1.29 is 14.8 Å². The number of carboxylic acids is 1. The van der Waals surface area contributed by atoms with Crippen molar-refractivity contribution in [2.75, 3.05) is 11.9 Å². The zero-order chi connectivity index (χ0) is 15.8. The fraction of sp³-hybridized carbons (Fsp3) is 0.533. The number of nitro benzene ring substituents is 1. The fourth-order valence-corrected chi connectivity index (χ4v) is 2.22. The first-order chi connectivity index (χ1) is 9.93. The molecule has 0 fully saturated rings. The van der Waals surface area contributed by atoms with Crippen molar-refractivity contribution >= 4 is 17.3 Å². The summed E-state index contributed by atoms with van der Waals surface area (Å²) in [6, 6.07) is 5.08. The van der Waals surface area contributed by atoms with Crippen LogP contribution in [0.25, 0.3) is 0 Å². The second-order valence-corrected chi connectivity index (χ2v) is 5.18. The molecule has 21 heavy (non-hydrogen) atoms. The van der Waals surface area contributed by atoms with Crippen LogP contribution in [0.2, 0.25) is 0 Å². The third-order valence-electron chi connectivity index (χ3n) is 3.63. The Balaban J connectivity index is 2.49. The number of aliphatic carboxylic acids is 1. The van der Waals surface area contributed by atoms with E-state index >= 15 is 0 Å². The van der Waals surface area contributed by atoms with Crippen molar-refractivity contribution in [1.29, 1.82) is 0 Å². The van der Waals surface area contributed by atoms with Gasteiger partial charge in [0.05, 0.1) is 4.92 Å². The molecule has 1 atom stereocenters. The van der Waals surface area contributed by atoms with E-state index in [4.69, 9.17) is 5.11 Å². The zero-order valence-corrected chi connectivity index (χ0v) is 12.5. The molecule has 0 saturated heterocycles. The van der Waals surface area contributed by atoms with Crippen molar-refractivity contribution in [3.05, 3.63) is 33.9 Å². The molecule has 0 amide bonds. The average molecular weight is 294 g/mol. The smallest absolute Gasteiger partial charge is 0.303 e. The number of nitrogens with zero attached hydrogens (tertiary/aromatic N) is 1. The molecule has 116 valence electrons. The van der Waals surface area contributed by atoms with Crippen molar-refractivity contribution in [3.8, 4) is 0 Å². The Kier molecular flexibility index (Phi) is 6.65. The summed E-state index contributed by atoms with van der Waals surface area (Å²) >= 11 is 0. The number of aryl methyl sites for hydroxylation is 1. The number of rotatable bonds is 9. The molecule has 1 rings (SSSR count). The number of nitrogens with one attached hydrogen (secondary N) is 1. The van der Waals surface area contributed by atoms with Crippen LogP contribution in [0.3, 0.4) is 0 Å². The second-order valence-electron chi connectivity index (χ2n) is 5.18. The fourth-order valence-electron chi connectivity index (χ4n) is 2.22. The van der Waals surface area contributed by atoms with E-state index < -0.39 is 5.97 Å². The van der Waals surface area contributed by atoms with E-state index in [2.05, 4.69) is 5.32 Å². The number of anilines is 1. The van der Waals surface area contributed by atoms with Crippen LogP contribution in [-0.4, -0.2) is 22.5 Å². The lowest BCUT2D eigenvalue weighted by atomic mass is 9.96. The van der Waals surface area contributed by atoms with E-state index in [0.717, 1.165) is 18.5 Å². The van der Waals surface area contributed by atoms with Gasteiger partial charge in [-0.15, -0.1) is 0 Å². The molecule has 0 aliphatic carbocycles. The van der Waals surface area contributed by atoms with Gasteiger partial charge < -0.3 is 10.4 Å². The Bertz CT molecular complexity index is 502. The Morgan fingerprint density at radius 3 is 2.71 bits per heavy atom. The molecule has 1 unspecified atom stereocenters. The summed E-state index contributed by atoms with van der Waals surface area (Å²) in [6.45, 7) is 4.43. The van der Waals surface area contributed by atoms with E-state index in [1.54, 1.807) is 13.0 Å². The van der Waals surface area contributed by atoms with Crippen LogP contribution in [0.1, 0.15) is 38.2 Å². The standard InChI is InChI=1S/C15H22N2O4/c1-3-12(5-7-15(18)19)8-9-16-13-6-4-11(2)14(10-13)17(20)21/h4,6,10,12,16H,3,5,7-9H2,1-2H3,(H,18,19). The lowest BCUT2D eigenvalue weighted by molar-refractivity contribution is -0.385. The van der Waals surface area contributed by atoms with Gasteiger partial charge in [0.25, 0.3) is 5.69 Å². The van der Waals surface area contributed by atoms with Crippen molar-refractivity contribution in [3.63, 3.8) is 0 Å². The monoisotopic (exact) mass is 294 g/mol. The second kappa shape index (κ2) is 8.24. The van der Waals surface area contributed by atoms with Gasteiger partial charge in [0.2, 0.25) is 0 Å². The number of carboxylic acid groups (broad SMARTS) is 1. The largest absolute Gasteiger partial charge is 0.481 e. The highest BCUT2D eigenvalue weighted by atomic mass is 16.6. The maximum Gasteiger partial charge on any atom is 0.303 e. The highest BCUT2D eigenvalue weighted by Crippen LogP contribution is 2.23. The number of hydrogen-bond donors (Lipinski definition) is 2. The first kappa shape index (κ1) is 16.9. The number of nitro groups is 1. The van der Waals surface area contributed by atoms with Gasteiger partial charge in [0.1, 0.15) is 0 Å². The van der Waals surface area contributed by atoms with Gasteiger partial charge >= 0.3 is 5.97 Å². The molecule has 0 bridgehead atoms. The molecule has 6 nitrogen and oxygen atoms in total. The normalized spacial score (nSPS) is 11.9. The van der Waals surface area contributed by atoms with E-state index in [9.17, 15) is 14.9 Å². The summed E-state index contributed by atoms with van der Waals surface area (Å²) in [5.74, 6) is -0.412. The van der Waals surface area contributed by atoms with Crippen LogP contribution >= 0.6 is 0 Å². The lowest BCUT2D eigenvalue weighted by Gasteiger charge is -2.14. The Labute approximate surface area is 124 Å². The van der Waals surface area contributed by atoms with Crippen molar-refractivity contribution in [2.24, 2.45) is 5.92 Å². The van der Waals surface area contributed by atoms with Gasteiger partial charge in [0.15, 0.2) is 0 Å². The highest BCUT2D eigenvalue weighted by Gasteiger charge is 2.12. The summed E-state index contributed by atoms with van der Waals surface area (Å²) in [4.78, 5) is 21.1. The number of carbonyl (C=O) groups is 1. The molecule has 1 aromatic carbocycles. The first-order valence-electron chi connectivity index (χ1n) is 7.14. The van der Waals surface area contributed by atoms with E-state index in [1.165, 1.54) is 6.07 Å². The Morgan fingerprint density at radius 1 is 1.43 bits per heavy atom. The summed E-state index contributed by atoms with van der Waals surface area (Å²) in [5, 5.41) is 22.7. The molecule has 2 N–H and O–H groups in total. The van der Waals surface area contributed by atoms with E-state index in [0.29, 0.717) is 24.4 Å². The van der Waals surface area contributed by atoms with Crippen LogP contribution < -0.4 is 5.32 Å². The average Bonchev–Trinajstić information content (AvgIpc) is 2.43. The predicted molar refractivity (Wildman–Crippen MR) is 81.6 cm³/mol. The van der Waals surface area contributed by atoms with Crippen LogP contribution in [0, 0.1) is 23.0 Å². The van der Waals surface area contributed by atoms with Gasteiger partial charge in [-0.1, -0.05) is 19.4 Å². The van der Waals surface area contributed by atoms with Gasteiger partial charge in [-0.25, -0.2) is 0 Å². The van der Waals surface area contributed by atoms with Gasteiger partial charge in [-0.05, 0) is 31.7 Å². The van der Waals surface area contributed by atoms with Gasteiger partial charge in [-0.2, -0.15) is 0 Å². The number of hydrogen-bond acceptors (Lipinski definition) is 4. The molecule has 0 aliphatic rings. The van der Waals surface area contributed by atoms with Gasteiger partial charge in [0, 0.05) is 30.3 Å². The first-order valence-corrected chi connectivity index (χ1v) is 7.14.